The maximum Gasteiger partial charge on any atom is 0.343 e. The SMILES string of the molecule is O=C(Oc1ccc(/C=N\NC(=S)Nc2ccc(F)cc2)cc1)c1ccccc1. The van der Waals surface area contributed by atoms with E-state index in [0.29, 0.717) is 17.0 Å². The zero-order chi connectivity index (χ0) is 19.8. The Morgan fingerprint density at radius 3 is 2.32 bits per heavy atom. The van der Waals surface area contributed by atoms with Gasteiger partial charge in [-0.05, 0) is 78.4 Å². The van der Waals surface area contributed by atoms with Gasteiger partial charge in [0.1, 0.15) is 11.6 Å². The summed E-state index contributed by atoms with van der Waals surface area (Å²) in [6.07, 6.45) is 1.57. The number of thiocarbonyl (C=S) groups is 1. The molecule has 0 saturated carbocycles. The van der Waals surface area contributed by atoms with Crippen molar-refractivity contribution in [3.05, 3.63) is 95.8 Å². The van der Waals surface area contributed by atoms with Crippen LogP contribution in [0.5, 0.6) is 5.75 Å². The van der Waals surface area contributed by atoms with Crippen molar-refractivity contribution in [3.63, 3.8) is 0 Å². The number of benzene rings is 3. The molecule has 0 fully saturated rings. The number of nitrogens with zero attached hydrogens (tertiary/aromatic N) is 1. The Balaban J connectivity index is 1.50. The zero-order valence-corrected chi connectivity index (χ0v) is 15.4. The van der Waals surface area contributed by atoms with Crippen LogP contribution in [0.15, 0.2) is 84.0 Å². The fourth-order valence-corrected chi connectivity index (χ4v) is 2.39. The molecular formula is C21H16FN3O2S. The summed E-state index contributed by atoms with van der Waals surface area (Å²) in [7, 11) is 0. The van der Waals surface area contributed by atoms with Gasteiger partial charge in [-0.25, -0.2) is 9.18 Å². The molecular weight excluding hydrogens is 377 g/mol. The van der Waals surface area contributed by atoms with E-state index < -0.39 is 5.97 Å². The number of carbonyl (C=O) groups is 1. The minimum atomic E-state index is -0.416. The van der Waals surface area contributed by atoms with Crippen LogP contribution in [0.4, 0.5) is 10.1 Å². The molecule has 3 aromatic carbocycles. The van der Waals surface area contributed by atoms with Gasteiger partial charge in [0.25, 0.3) is 0 Å². The molecule has 3 rings (SSSR count). The highest BCUT2D eigenvalue weighted by atomic mass is 32.1. The molecule has 5 nitrogen and oxygen atoms in total. The third kappa shape index (κ3) is 5.72. The standard InChI is InChI=1S/C21H16FN3O2S/c22-17-8-10-18(11-9-17)24-21(28)25-23-14-15-6-12-19(13-7-15)27-20(26)16-4-2-1-3-5-16/h1-14H,(H2,24,25,28)/b23-14-. The van der Waals surface area contributed by atoms with E-state index in [1.165, 1.54) is 12.1 Å². The van der Waals surface area contributed by atoms with Crippen LogP contribution in [0, 0.1) is 5.82 Å². The molecule has 0 spiro atoms. The highest BCUT2D eigenvalue weighted by Crippen LogP contribution is 2.13. The number of nitrogens with one attached hydrogen (secondary N) is 2. The van der Waals surface area contributed by atoms with Crippen molar-refractivity contribution >= 4 is 35.2 Å². The summed E-state index contributed by atoms with van der Waals surface area (Å²) in [4.78, 5) is 12.0. The van der Waals surface area contributed by atoms with Crippen LogP contribution in [-0.2, 0) is 0 Å². The number of hydrogen-bond acceptors (Lipinski definition) is 4. The highest BCUT2D eigenvalue weighted by molar-refractivity contribution is 7.80. The molecule has 0 aromatic heterocycles. The summed E-state index contributed by atoms with van der Waals surface area (Å²) in [5.74, 6) is -0.297. The molecule has 0 bridgehead atoms. The second-order valence-electron chi connectivity index (χ2n) is 5.66. The normalized spacial score (nSPS) is 10.5. The molecule has 3 aromatic rings. The largest absolute Gasteiger partial charge is 0.423 e. The number of esters is 1. The van der Waals surface area contributed by atoms with Crippen LogP contribution >= 0.6 is 12.2 Å². The van der Waals surface area contributed by atoms with E-state index >= 15 is 0 Å². The number of ether oxygens (including phenoxy) is 1. The number of hydrazone groups is 1. The number of anilines is 1. The molecule has 0 aliphatic carbocycles. The first-order valence-corrected chi connectivity index (χ1v) is 8.74. The van der Waals surface area contributed by atoms with Gasteiger partial charge >= 0.3 is 5.97 Å². The first-order valence-electron chi connectivity index (χ1n) is 8.33. The van der Waals surface area contributed by atoms with Crippen LogP contribution in [0.3, 0.4) is 0 Å². The molecule has 0 amide bonds. The first kappa shape index (κ1) is 19.2. The van der Waals surface area contributed by atoms with E-state index in [9.17, 15) is 9.18 Å². The second kappa shape index (κ2) is 9.38. The average molecular weight is 393 g/mol. The molecule has 0 unspecified atom stereocenters. The fourth-order valence-electron chi connectivity index (χ4n) is 2.22. The Bertz CT molecular complexity index is 975. The van der Waals surface area contributed by atoms with E-state index in [1.807, 2.05) is 6.07 Å². The molecule has 2 N–H and O–H groups in total. The minimum Gasteiger partial charge on any atom is -0.423 e. The zero-order valence-electron chi connectivity index (χ0n) is 14.6. The van der Waals surface area contributed by atoms with Gasteiger partial charge < -0.3 is 10.1 Å². The molecule has 0 radical (unpaired) electrons. The number of hydrogen-bond donors (Lipinski definition) is 2. The molecule has 28 heavy (non-hydrogen) atoms. The van der Waals surface area contributed by atoms with Crippen LogP contribution in [0.2, 0.25) is 0 Å². The van der Waals surface area contributed by atoms with Crippen molar-refractivity contribution in [2.75, 3.05) is 5.32 Å². The van der Waals surface area contributed by atoms with Crippen molar-refractivity contribution < 1.29 is 13.9 Å². The van der Waals surface area contributed by atoms with Crippen molar-refractivity contribution in [2.45, 2.75) is 0 Å². The van der Waals surface area contributed by atoms with E-state index in [-0.39, 0.29) is 10.9 Å². The lowest BCUT2D eigenvalue weighted by Crippen LogP contribution is -2.23. The summed E-state index contributed by atoms with van der Waals surface area (Å²) in [6.45, 7) is 0. The van der Waals surface area contributed by atoms with Crippen molar-refractivity contribution in [2.24, 2.45) is 5.10 Å². The van der Waals surface area contributed by atoms with Gasteiger partial charge in [0.05, 0.1) is 11.8 Å². The van der Waals surface area contributed by atoms with E-state index in [4.69, 9.17) is 17.0 Å². The molecule has 0 atom stereocenters. The summed E-state index contributed by atoms with van der Waals surface area (Å²) >= 11 is 5.11. The smallest absolute Gasteiger partial charge is 0.343 e. The molecule has 7 heteroatoms. The predicted octanol–water partition coefficient (Wildman–Crippen LogP) is 4.37. The monoisotopic (exact) mass is 393 g/mol. The molecule has 0 aliphatic heterocycles. The van der Waals surface area contributed by atoms with Gasteiger partial charge in [-0.3, -0.25) is 5.43 Å². The van der Waals surface area contributed by atoms with Gasteiger partial charge in [-0.2, -0.15) is 5.10 Å². The molecule has 0 heterocycles. The van der Waals surface area contributed by atoms with Gasteiger partial charge in [-0.1, -0.05) is 18.2 Å². The number of carbonyl (C=O) groups excluding carboxylic acids is 1. The molecule has 0 aliphatic rings. The van der Waals surface area contributed by atoms with Gasteiger partial charge in [0.2, 0.25) is 0 Å². The van der Waals surface area contributed by atoms with Crippen LogP contribution < -0.4 is 15.5 Å². The van der Waals surface area contributed by atoms with Crippen molar-refractivity contribution in [3.8, 4) is 5.75 Å². The Morgan fingerprint density at radius 2 is 1.64 bits per heavy atom. The Morgan fingerprint density at radius 1 is 0.964 bits per heavy atom. The van der Waals surface area contributed by atoms with Gasteiger partial charge in [-0.15, -0.1) is 0 Å². The second-order valence-corrected chi connectivity index (χ2v) is 6.06. The van der Waals surface area contributed by atoms with E-state index in [1.54, 1.807) is 66.9 Å². The molecule has 0 saturated heterocycles. The van der Waals surface area contributed by atoms with Crippen LogP contribution in [0.25, 0.3) is 0 Å². The lowest BCUT2D eigenvalue weighted by molar-refractivity contribution is 0.0735. The maximum atomic E-state index is 12.9. The van der Waals surface area contributed by atoms with Crippen molar-refractivity contribution in [1.29, 1.82) is 0 Å². The third-order valence-corrected chi connectivity index (χ3v) is 3.78. The summed E-state index contributed by atoms with van der Waals surface area (Å²) in [6, 6.07) is 21.5. The average Bonchev–Trinajstić information content (AvgIpc) is 2.72. The Kier molecular flexibility index (Phi) is 6.43. The third-order valence-electron chi connectivity index (χ3n) is 3.58. The Labute approximate surface area is 166 Å². The predicted molar refractivity (Wildman–Crippen MR) is 111 cm³/mol. The fraction of sp³-hybridized carbons (Fsp3) is 0. The summed E-state index contributed by atoms with van der Waals surface area (Å²) < 4.78 is 18.2. The highest BCUT2D eigenvalue weighted by Gasteiger charge is 2.07. The lowest BCUT2D eigenvalue weighted by Gasteiger charge is -2.06. The topological polar surface area (TPSA) is 62.7 Å². The Hall–Kier alpha value is -3.58. The minimum absolute atomic E-state index is 0.274. The summed E-state index contributed by atoms with van der Waals surface area (Å²) in [5.41, 5.74) is 4.60. The van der Waals surface area contributed by atoms with E-state index in [0.717, 1.165) is 5.56 Å². The maximum absolute atomic E-state index is 12.9. The first-order chi connectivity index (χ1) is 13.6. The summed E-state index contributed by atoms with van der Waals surface area (Å²) in [5, 5.41) is 7.19. The number of halogens is 1. The quantitative estimate of drug-likeness (QED) is 0.222. The number of rotatable bonds is 5. The van der Waals surface area contributed by atoms with Gasteiger partial charge in [0, 0.05) is 5.69 Å². The lowest BCUT2D eigenvalue weighted by atomic mass is 10.2. The molecule has 140 valence electrons. The van der Waals surface area contributed by atoms with Gasteiger partial charge in [0.15, 0.2) is 5.11 Å². The van der Waals surface area contributed by atoms with E-state index in [2.05, 4.69) is 15.8 Å². The van der Waals surface area contributed by atoms with Crippen LogP contribution in [0.1, 0.15) is 15.9 Å². The van der Waals surface area contributed by atoms with Crippen LogP contribution in [-0.4, -0.2) is 17.3 Å². The van der Waals surface area contributed by atoms with Crippen molar-refractivity contribution in [1.82, 2.24) is 5.43 Å².